The number of benzene rings is 2. The predicted octanol–water partition coefficient (Wildman–Crippen LogP) is 3.81. The number of nitrogens with one attached hydrogen (secondary N) is 2. The van der Waals surface area contributed by atoms with Crippen molar-refractivity contribution in [1.29, 1.82) is 0 Å². The zero-order valence-corrected chi connectivity index (χ0v) is 19.0. The number of H-pyrrole nitrogens is 1. The van der Waals surface area contributed by atoms with E-state index in [4.69, 9.17) is 9.15 Å². The monoisotopic (exact) mass is 462 g/mol. The highest BCUT2D eigenvalue weighted by Gasteiger charge is 2.25. The Morgan fingerprint density at radius 2 is 1.91 bits per heavy atom. The largest absolute Gasteiger partial charge is 0.481 e. The molecule has 2 aromatic carbocycles. The molecular formula is C26H26N2O6. The van der Waals surface area contributed by atoms with Gasteiger partial charge in [-0.25, -0.2) is 9.59 Å². The molecule has 0 bridgehead atoms. The average Bonchev–Trinajstić information content (AvgIpc) is 3.21. The second kappa shape index (κ2) is 9.82. The van der Waals surface area contributed by atoms with Gasteiger partial charge in [0.15, 0.2) is 6.10 Å². The standard InChI is InChI=1S/C26H26N2O6/c1-3-6-16-12-24(29)34-23-13-18(9-10-20(16)23)33-15(2)25(30)28-22(26(31)32)11-17-14-27-21-8-5-4-7-19(17)21/h4-5,7-10,12-15,22,27H,3,6,11H2,1-2H3,(H,28,30)(H,31,32)/t15-,22-/m0/s1. The first kappa shape index (κ1) is 23.1. The Hall–Kier alpha value is -4.07. The van der Waals surface area contributed by atoms with E-state index in [1.165, 1.54) is 13.0 Å². The van der Waals surface area contributed by atoms with Gasteiger partial charge in [0.1, 0.15) is 17.4 Å². The number of carboxylic acid groups (broad SMARTS) is 1. The molecule has 0 saturated heterocycles. The number of carbonyl (C=O) groups excluding carboxylic acids is 1. The first-order valence-corrected chi connectivity index (χ1v) is 11.2. The van der Waals surface area contributed by atoms with Crippen LogP contribution in [0.2, 0.25) is 0 Å². The summed E-state index contributed by atoms with van der Waals surface area (Å²) in [6.07, 6.45) is 2.54. The number of carboxylic acids is 1. The molecule has 0 unspecified atom stereocenters. The minimum absolute atomic E-state index is 0.124. The lowest BCUT2D eigenvalue weighted by molar-refractivity contribution is -0.142. The number of hydrogen-bond acceptors (Lipinski definition) is 5. The highest BCUT2D eigenvalue weighted by Crippen LogP contribution is 2.24. The van der Waals surface area contributed by atoms with Crippen LogP contribution in [0, 0.1) is 0 Å². The van der Waals surface area contributed by atoms with E-state index in [9.17, 15) is 19.5 Å². The average molecular weight is 463 g/mol. The van der Waals surface area contributed by atoms with Gasteiger partial charge in [-0.05, 0) is 42.7 Å². The van der Waals surface area contributed by atoms with Crippen molar-refractivity contribution in [1.82, 2.24) is 10.3 Å². The molecule has 0 aliphatic carbocycles. The lowest BCUT2D eigenvalue weighted by atomic mass is 10.0. The third-order valence-electron chi connectivity index (χ3n) is 5.72. The van der Waals surface area contributed by atoms with Crippen LogP contribution in [0.5, 0.6) is 5.75 Å². The number of aryl methyl sites for hydroxylation is 1. The Morgan fingerprint density at radius 3 is 2.68 bits per heavy atom. The van der Waals surface area contributed by atoms with Crippen molar-refractivity contribution in [3.63, 3.8) is 0 Å². The first-order valence-electron chi connectivity index (χ1n) is 11.2. The number of hydrogen-bond donors (Lipinski definition) is 3. The highest BCUT2D eigenvalue weighted by atomic mass is 16.5. The number of fused-ring (bicyclic) bond motifs is 2. The minimum atomic E-state index is -1.14. The fraction of sp³-hybridized carbons (Fsp3) is 0.269. The Labute approximate surface area is 195 Å². The van der Waals surface area contributed by atoms with Gasteiger partial charge in [0.05, 0.1) is 0 Å². The molecule has 0 radical (unpaired) electrons. The predicted molar refractivity (Wildman–Crippen MR) is 128 cm³/mol. The van der Waals surface area contributed by atoms with E-state index >= 15 is 0 Å². The summed E-state index contributed by atoms with van der Waals surface area (Å²) >= 11 is 0. The number of ether oxygens (including phenoxy) is 1. The number of para-hydroxylation sites is 1. The van der Waals surface area contributed by atoms with Gasteiger partial charge in [0, 0.05) is 41.0 Å². The summed E-state index contributed by atoms with van der Waals surface area (Å²) < 4.78 is 11.0. The molecule has 0 aliphatic rings. The maximum Gasteiger partial charge on any atom is 0.336 e. The number of aromatic amines is 1. The van der Waals surface area contributed by atoms with Gasteiger partial charge < -0.3 is 24.6 Å². The quantitative estimate of drug-likeness (QED) is 0.325. The van der Waals surface area contributed by atoms with Gasteiger partial charge in [-0.1, -0.05) is 31.5 Å². The molecule has 2 aromatic heterocycles. The molecule has 8 heteroatoms. The second-order valence-electron chi connectivity index (χ2n) is 8.22. The second-order valence-corrected chi connectivity index (χ2v) is 8.22. The summed E-state index contributed by atoms with van der Waals surface area (Å²) in [4.78, 5) is 39.6. The van der Waals surface area contributed by atoms with Crippen molar-refractivity contribution >= 4 is 33.7 Å². The van der Waals surface area contributed by atoms with E-state index in [2.05, 4.69) is 10.3 Å². The zero-order chi connectivity index (χ0) is 24.2. The fourth-order valence-electron chi connectivity index (χ4n) is 4.03. The molecule has 0 spiro atoms. The Bertz CT molecular complexity index is 1400. The summed E-state index contributed by atoms with van der Waals surface area (Å²) in [5.74, 6) is -1.36. The van der Waals surface area contributed by atoms with E-state index < -0.39 is 29.6 Å². The number of aromatic nitrogens is 1. The summed E-state index contributed by atoms with van der Waals surface area (Å²) in [5.41, 5.74) is 2.52. The fourth-order valence-corrected chi connectivity index (χ4v) is 4.03. The lowest BCUT2D eigenvalue weighted by Gasteiger charge is -2.19. The van der Waals surface area contributed by atoms with E-state index in [-0.39, 0.29) is 6.42 Å². The third kappa shape index (κ3) is 4.96. The van der Waals surface area contributed by atoms with Crippen molar-refractivity contribution in [3.05, 3.63) is 76.3 Å². The molecule has 0 aliphatic heterocycles. The Morgan fingerprint density at radius 1 is 1.12 bits per heavy atom. The SMILES string of the molecule is CCCc1cc(=O)oc2cc(O[C@@H](C)C(=O)N[C@@H](Cc3c[nH]c4ccccc34)C(=O)O)ccc12. The molecule has 0 fully saturated rings. The molecule has 3 N–H and O–H groups in total. The summed E-state index contributed by atoms with van der Waals surface area (Å²) in [7, 11) is 0. The van der Waals surface area contributed by atoms with Crippen molar-refractivity contribution in [3.8, 4) is 5.75 Å². The molecule has 8 nitrogen and oxygen atoms in total. The van der Waals surface area contributed by atoms with Crippen LogP contribution in [-0.4, -0.2) is 34.1 Å². The summed E-state index contributed by atoms with van der Waals surface area (Å²) in [6, 6.07) is 13.0. The van der Waals surface area contributed by atoms with Gasteiger partial charge >= 0.3 is 11.6 Å². The Kier molecular flexibility index (Phi) is 6.67. The molecule has 4 rings (SSSR count). The van der Waals surface area contributed by atoms with Crippen molar-refractivity contribution < 1.29 is 23.8 Å². The smallest absolute Gasteiger partial charge is 0.336 e. The maximum atomic E-state index is 12.7. The molecule has 2 heterocycles. The van der Waals surface area contributed by atoms with Gasteiger partial charge in [-0.3, -0.25) is 4.79 Å². The van der Waals surface area contributed by atoms with Crippen LogP contribution in [0.3, 0.4) is 0 Å². The summed E-state index contributed by atoms with van der Waals surface area (Å²) in [5, 5.41) is 14.0. The first-order chi connectivity index (χ1) is 16.4. The summed E-state index contributed by atoms with van der Waals surface area (Å²) in [6.45, 7) is 3.56. The van der Waals surface area contributed by atoms with Crippen LogP contribution in [-0.2, 0) is 22.4 Å². The van der Waals surface area contributed by atoms with E-state index in [1.807, 2.05) is 31.2 Å². The van der Waals surface area contributed by atoms with Crippen molar-refractivity contribution in [2.24, 2.45) is 0 Å². The van der Waals surface area contributed by atoms with Gasteiger partial charge in [0.25, 0.3) is 5.91 Å². The Balaban J connectivity index is 1.47. The normalized spacial score (nSPS) is 13.0. The minimum Gasteiger partial charge on any atom is -0.481 e. The molecular weight excluding hydrogens is 436 g/mol. The lowest BCUT2D eigenvalue weighted by Crippen LogP contribution is -2.47. The zero-order valence-electron chi connectivity index (χ0n) is 19.0. The van der Waals surface area contributed by atoms with E-state index in [0.717, 1.165) is 40.3 Å². The van der Waals surface area contributed by atoms with Crippen LogP contribution in [0.4, 0.5) is 0 Å². The van der Waals surface area contributed by atoms with Crippen LogP contribution < -0.4 is 15.7 Å². The number of carbonyl (C=O) groups is 2. The number of rotatable bonds is 9. The van der Waals surface area contributed by atoms with E-state index in [0.29, 0.717) is 11.3 Å². The number of amides is 1. The van der Waals surface area contributed by atoms with Gasteiger partial charge in [-0.2, -0.15) is 0 Å². The molecule has 4 aromatic rings. The number of aliphatic carboxylic acids is 1. The molecule has 176 valence electrons. The van der Waals surface area contributed by atoms with E-state index in [1.54, 1.807) is 24.4 Å². The van der Waals surface area contributed by atoms with Crippen LogP contribution >= 0.6 is 0 Å². The third-order valence-corrected chi connectivity index (χ3v) is 5.72. The van der Waals surface area contributed by atoms with Gasteiger partial charge in [0.2, 0.25) is 0 Å². The highest BCUT2D eigenvalue weighted by molar-refractivity contribution is 5.88. The topological polar surface area (TPSA) is 122 Å². The van der Waals surface area contributed by atoms with Gasteiger partial charge in [-0.15, -0.1) is 0 Å². The molecule has 34 heavy (non-hydrogen) atoms. The van der Waals surface area contributed by atoms with Crippen molar-refractivity contribution in [2.75, 3.05) is 0 Å². The molecule has 0 saturated carbocycles. The molecule has 1 amide bonds. The maximum absolute atomic E-state index is 12.7. The van der Waals surface area contributed by atoms with Crippen LogP contribution in [0.1, 0.15) is 31.4 Å². The van der Waals surface area contributed by atoms with Crippen LogP contribution in [0.25, 0.3) is 21.9 Å². The molecule has 2 atom stereocenters. The van der Waals surface area contributed by atoms with Crippen LogP contribution in [0.15, 0.2) is 63.9 Å². The van der Waals surface area contributed by atoms with Crippen molar-refractivity contribution in [2.45, 2.75) is 45.3 Å².